The third-order valence-corrected chi connectivity index (χ3v) is 6.17. The number of rotatable bonds is 6. The summed E-state index contributed by atoms with van der Waals surface area (Å²) < 4.78 is 5.27. The molecule has 2 atom stereocenters. The Morgan fingerprint density at radius 3 is 2.40 bits per heavy atom. The molecule has 1 aliphatic carbocycles. The summed E-state index contributed by atoms with van der Waals surface area (Å²) in [7, 11) is 0. The molecule has 2 heteroatoms. The van der Waals surface area contributed by atoms with E-state index in [1.165, 1.54) is 38.2 Å². The van der Waals surface area contributed by atoms with Gasteiger partial charge in [-0.15, -0.1) is 0 Å². The maximum atomic E-state index is 11.3. The van der Waals surface area contributed by atoms with E-state index in [-0.39, 0.29) is 16.8 Å². The monoisotopic (exact) mass is 280 g/mol. The van der Waals surface area contributed by atoms with E-state index in [0.717, 1.165) is 6.42 Å². The molecule has 1 saturated carbocycles. The predicted molar refractivity (Wildman–Crippen MR) is 84.5 cm³/mol. The zero-order valence-corrected chi connectivity index (χ0v) is 14.1. The average Bonchev–Trinajstić information content (AvgIpc) is 2.36. The average molecular weight is 280 g/mol. The van der Waals surface area contributed by atoms with Gasteiger partial charge in [-0.1, -0.05) is 54.0 Å². The van der Waals surface area contributed by atoms with Crippen LogP contribution in [0.25, 0.3) is 0 Å². The van der Waals surface area contributed by atoms with Crippen LogP contribution < -0.4 is 0 Å². The molecule has 0 aromatic heterocycles. The molecule has 0 aromatic carbocycles. The number of hydrogen-bond acceptors (Lipinski definition) is 2. The van der Waals surface area contributed by atoms with Crippen LogP contribution in [0.5, 0.6) is 0 Å². The molecule has 0 aromatic rings. The Kier molecular flexibility index (Phi) is 5.46. The lowest BCUT2D eigenvalue weighted by atomic mass is 9.45. The zero-order valence-electron chi connectivity index (χ0n) is 14.1. The minimum Gasteiger partial charge on any atom is -0.463 e. The van der Waals surface area contributed by atoms with Crippen molar-refractivity contribution in [2.24, 2.45) is 16.2 Å². The quantitative estimate of drug-likeness (QED) is 0.498. The van der Waals surface area contributed by atoms with Gasteiger partial charge in [-0.3, -0.25) is 0 Å². The Balaban J connectivity index is 2.90. The molecule has 0 spiro atoms. The summed E-state index contributed by atoms with van der Waals surface area (Å²) in [5, 5.41) is 0. The summed E-state index contributed by atoms with van der Waals surface area (Å²) in [5.41, 5.74) is 0.829. The Morgan fingerprint density at radius 2 is 1.85 bits per heavy atom. The first-order valence-corrected chi connectivity index (χ1v) is 8.02. The van der Waals surface area contributed by atoms with Crippen molar-refractivity contribution in [3.8, 4) is 0 Å². The number of carbonyl (C=O) groups excluding carboxylic acids is 1. The van der Waals surface area contributed by atoms with Gasteiger partial charge in [-0.05, 0) is 41.9 Å². The highest BCUT2D eigenvalue weighted by Gasteiger charge is 2.54. The van der Waals surface area contributed by atoms with Crippen LogP contribution in [-0.2, 0) is 9.53 Å². The van der Waals surface area contributed by atoms with Gasteiger partial charge in [0.15, 0.2) is 0 Å². The second-order valence-corrected chi connectivity index (χ2v) is 7.50. The van der Waals surface area contributed by atoms with Gasteiger partial charge in [0.25, 0.3) is 0 Å². The molecule has 1 fully saturated rings. The Hall–Kier alpha value is -0.790. The summed E-state index contributed by atoms with van der Waals surface area (Å²) >= 11 is 0. The van der Waals surface area contributed by atoms with Crippen molar-refractivity contribution >= 4 is 5.97 Å². The normalized spacial score (nSPS) is 32.6. The molecule has 1 rings (SSSR count). The summed E-state index contributed by atoms with van der Waals surface area (Å²) in [4.78, 5) is 11.3. The van der Waals surface area contributed by atoms with Crippen LogP contribution in [0, 0.1) is 16.2 Å². The van der Waals surface area contributed by atoms with Crippen molar-refractivity contribution in [3.63, 3.8) is 0 Å². The fourth-order valence-corrected chi connectivity index (χ4v) is 4.30. The molecular weight excluding hydrogens is 248 g/mol. The molecular formula is C18H32O2. The number of esters is 1. The van der Waals surface area contributed by atoms with Gasteiger partial charge in [0, 0.05) is 6.08 Å². The van der Waals surface area contributed by atoms with Crippen molar-refractivity contribution in [2.75, 3.05) is 6.61 Å². The second kappa shape index (κ2) is 6.32. The molecule has 2 nitrogen and oxygen atoms in total. The van der Waals surface area contributed by atoms with Crippen molar-refractivity contribution in [1.82, 2.24) is 0 Å². The number of carbonyl (C=O) groups is 1. The van der Waals surface area contributed by atoms with E-state index in [4.69, 9.17) is 4.74 Å². The molecule has 20 heavy (non-hydrogen) atoms. The summed E-state index contributed by atoms with van der Waals surface area (Å²) in [6.45, 7) is 15.8. The van der Waals surface area contributed by atoms with Crippen LogP contribution in [0.3, 0.4) is 0 Å². The summed E-state index contributed by atoms with van der Waals surface area (Å²) in [6, 6.07) is 0. The lowest BCUT2D eigenvalue weighted by Crippen LogP contribution is -2.51. The molecule has 116 valence electrons. The maximum Gasteiger partial charge on any atom is 0.330 e. The first-order valence-electron chi connectivity index (χ1n) is 8.02. The van der Waals surface area contributed by atoms with E-state index in [1.807, 2.05) is 0 Å². The van der Waals surface area contributed by atoms with Crippen LogP contribution in [0.2, 0.25) is 0 Å². The van der Waals surface area contributed by atoms with Gasteiger partial charge in [-0.25, -0.2) is 4.79 Å². The highest BCUT2D eigenvalue weighted by atomic mass is 16.5. The van der Waals surface area contributed by atoms with E-state index in [9.17, 15) is 4.79 Å². The van der Waals surface area contributed by atoms with Crippen molar-refractivity contribution < 1.29 is 9.53 Å². The van der Waals surface area contributed by atoms with Crippen molar-refractivity contribution in [1.29, 1.82) is 0 Å². The standard InChI is InChI=1S/C18H32O2/c1-7-10-17(5)12-9-11-16(3,4)18(17,6)13-14-20-15(19)8-2/h8H,2,7,9-14H2,1,3-6H3. The Morgan fingerprint density at radius 1 is 1.20 bits per heavy atom. The molecule has 1 aliphatic rings. The van der Waals surface area contributed by atoms with Crippen LogP contribution in [0.1, 0.15) is 73.1 Å². The second-order valence-electron chi connectivity index (χ2n) is 7.50. The van der Waals surface area contributed by atoms with Crippen LogP contribution >= 0.6 is 0 Å². The molecule has 0 bridgehead atoms. The third kappa shape index (κ3) is 3.10. The Bertz CT molecular complexity index is 354. The van der Waals surface area contributed by atoms with E-state index in [1.54, 1.807) is 0 Å². The predicted octanol–water partition coefficient (Wildman–Crippen LogP) is 5.13. The smallest absolute Gasteiger partial charge is 0.330 e. The van der Waals surface area contributed by atoms with Gasteiger partial charge in [0.1, 0.15) is 0 Å². The minimum atomic E-state index is -0.306. The number of hydrogen-bond donors (Lipinski definition) is 0. The van der Waals surface area contributed by atoms with E-state index < -0.39 is 0 Å². The fourth-order valence-electron chi connectivity index (χ4n) is 4.30. The Labute approximate surface area is 125 Å². The highest BCUT2D eigenvalue weighted by Crippen LogP contribution is 2.63. The molecule has 0 saturated heterocycles. The third-order valence-electron chi connectivity index (χ3n) is 6.17. The van der Waals surface area contributed by atoms with Gasteiger partial charge in [0.05, 0.1) is 6.61 Å². The first-order chi connectivity index (χ1) is 9.22. The largest absolute Gasteiger partial charge is 0.463 e. The highest BCUT2D eigenvalue weighted by molar-refractivity contribution is 5.81. The van der Waals surface area contributed by atoms with Gasteiger partial charge in [-0.2, -0.15) is 0 Å². The van der Waals surface area contributed by atoms with Gasteiger partial charge in [0.2, 0.25) is 0 Å². The van der Waals surface area contributed by atoms with Gasteiger partial charge < -0.3 is 4.74 Å². The van der Waals surface area contributed by atoms with Crippen LogP contribution in [-0.4, -0.2) is 12.6 Å². The molecule has 0 amide bonds. The SMILES string of the molecule is C=CC(=O)OCCC1(C)C(C)(C)CCCC1(C)CCC. The van der Waals surface area contributed by atoms with Crippen molar-refractivity contribution in [2.45, 2.75) is 73.1 Å². The van der Waals surface area contributed by atoms with Gasteiger partial charge >= 0.3 is 5.97 Å². The molecule has 0 radical (unpaired) electrons. The molecule has 0 N–H and O–H groups in total. The summed E-state index contributed by atoms with van der Waals surface area (Å²) in [6.07, 6.45) is 8.52. The van der Waals surface area contributed by atoms with E-state index >= 15 is 0 Å². The van der Waals surface area contributed by atoms with E-state index in [2.05, 4.69) is 41.2 Å². The van der Waals surface area contributed by atoms with Crippen molar-refractivity contribution in [3.05, 3.63) is 12.7 Å². The maximum absolute atomic E-state index is 11.3. The topological polar surface area (TPSA) is 26.3 Å². The van der Waals surface area contributed by atoms with Crippen LogP contribution in [0.4, 0.5) is 0 Å². The lowest BCUT2D eigenvalue weighted by molar-refractivity contribution is -0.144. The summed E-state index contributed by atoms with van der Waals surface area (Å²) in [5.74, 6) is -0.306. The van der Waals surface area contributed by atoms with Crippen LogP contribution in [0.15, 0.2) is 12.7 Å². The molecule has 2 unspecified atom stereocenters. The molecule has 0 heterocycles. The number of ether oxygens (including phenoxy) is 1. The van der Waals surface area contributed by atoms with E-state index in [0.29, 0.717) is 12.0 Å². The zero-order chi connectivity index (χ0) is 15.4. The first kappa shape index (κ1) is 17.3. The fraction of sp³-hybridized carbons (Fsp3) is 0.833. The minimum absolute atomic E-state index is 0.204. The lowest BCUT2D eigenvalue weighted by Gasteiger charge is -2.60. The molecule has 0 aliphatic heterocycles.